The molecule has 0 radical (unpaired) electrons. The summed E-state index contributed by atoms with van der Waals surface area (Å²) >= 11 is 0. The van der Waals surface area contributed by atoms with Crippen molar-refractivity contribution in [2.75, 3.05) is 12.0 Å². The summed E-state index contributed by atoms with van der Waals surface area (Å²) in [5, 5.41) is 9.06. The van der Waals surface area contributed by atoms with Crippen LogP contribution in [-0.4, -0.2) is 31.6 Å². The first-order chi connectivity index (χ1) is 4.95. The van der Waals surface area contributed by atoms with E-state index in [4.69, 9.17) is 5.11 Å². The van der Waals surface area contributed by atoms with Crippen molar-refractivity contribution in [3.05, 3.63) is 0 Å². The second kappa shape index (κ2) is 4.72. The Balaban J connectivity index is 3.43. The van der Waals surface area contributed by atoms with Crippen molar-refractivity contribution in [3.63, 3.8) is 0 Å². The van der Waals surface area contributed by atoms with Crippen LogP contribution >= 0.6 is 0 Å². The maximum absolute atomic E-state index is 10.6. The minimum atomic E-state index is -2.84. The quantitative estimate of drug-likeness (QED) is 0.673. The average molecular weight is 180 g/mol. The lowest BCUT2D eigenvalue weighted by Crippen LogP contribution is -2.09. The van der Waals surface area contributed by atoms with Gasteiger partial charge in [0, 0.05) is 12.0 Å². The van der Waals surface area contributed by atoms with Gasteiger partial charge in [-0.2, -0.15) is 0 Å². The van der Waals surface area contributed by atoms with Crippen molar-refractivity contribution in [3.8, 4) is 0 Å². The molecule has 0 aromatic heterocycles. The largest absolute Gasteiger partial charge is 0.393 e. The fourth-order valence-electron chi connectivity index (χ4n) is 0.785. The van der Waals surface area contributed by atoms with Crippen molar-refractivity contribution >= 4 is 9.84 Å². The third-order valence-electron chi connectivity index (χ3n) is 1.52. The molecule has 0 saturated carbocycles. The van der Waals surface area contributed by atoms with E-state index in [1.54, 1.807) is 0 Å². The molecule has 0 aliphatic rings. The summed E-state index contributed by atoms with van der Waals surface area (Å²) in [5.41, 5.74) is 0. The summed E-state index contributed by atoms with van der Waals surface area (Å²) in [7, 11) is -2.84. The predicted octanol–water partition coefficient (Wildman–Crippen LogP) is 0.582. The van der Waals surface area contributed by atoms with E-state index < -0.39 is 9.84 Å². The summed E-state index contributed by atoms with van der Waals surface area (Å²) < 4.78 is 21.2. The molecule has 68 valence electrons. The molecule has 0 amide bonds. The van der Waals surface area contributed by atoms with Crippen LogP contribution < -0.4 is 0 Å². The van der Waals surface area contributed by atoms with E-state index in [-0.39, 0.29) is 11.9 Å². The molecule has 0 bridgehead atoms. The lowest BCUT2D eigenvalue weighted by atomic mass is 10.2. The minimum absolute atomic E-state index is 0.185. The Labute approximate surface area is 68.3 Å². The molecule has 4 heteroatoms. The highest BCUT2D eigenvalue weighted by Crippen LogP contribution is 2.02. The molecule has 3 nitrogen and oxygen atoms in total. The SMILES string of the molecule is CCC(O)CCCS(C)(=O)=O. The van der Waals surface area contributed by atoms with Crippen LogP contribution in [0.1, 0.15) is 26.2 Å². The van der Waals surface area contributed by atoms with Crippen LogP contribution in [0.15, 0.2) is 0 Å². The first kappa shape index (κ1) is 10.9. The van der Waals surface area contributed by atoms with E-state index in [9.17, 15) is 8.42 Å². The third kappa shape index (κ3) is 7.81. The number of hydrogen-bond donors (Lipinski definition) is 1. The first-order valence-electron chi connectivity index (χ1n) is 3.81. The zero-order valence-corrected chi connectivity index (χ0v) is 7.89. The van der Waals surface area contributed by atoms with Crippen LogP contribution in [0, 0.1) is 0 Å². The van der Waals surface area contributed by atoms with Gasteiger partial charge < -0.3 is 5.11 Å². The number of aliphatic hydroxyl groups is 1. The second-order valence-electron chi connectivity index (χ2n) is 2.83. The Morgan fingerprint density at radius 3 is 2.36 bits per heavy atom. The van der Waals surface area contributed by atoms with Gasteiger partial charge in [0.25, 0.3) is 0 Å². The van der Waals surface area contributed by atoms with Gasteiger partial charge in [-0.25, -0.2) is 8.42 Å². The molecular weight excluding hydrogens is 164 g/mol. The predicted molar refractivity (Wildman–Crippen MR) is 45.2 cm³/mol. The third-order valence-corrected chi connectivity index (χ3v) is 2.55. The van der Waals surface area contributed by atoms with E-state index in [2.05, 4.69) is 0 Å². The molecule has 1 unspecified atom stereocenters. The Kier molecular flexibility index (Phi) is 4.68. The van der Waals surface area contributed by atoms with Crippen molar-refractivity contribution in [1.82, 2.24) is 0 Å². The molecule has 0 saturated heterocycles. The Bertz CT molecular complexity index is 184. The maximum atomic E-state index is 10.6. The van der Waals surface area contributed by atoms with Crippen LogP contribution in [-0.2, 0) is 9.84 Å². The molecule has 1 N–H and O–H groups in total. The topological polar surface area (TPSA) is 54.4 Å². The van der Waals surface area contributed by atoms with Crippen LogP contribution in [0.3, 0.4) is 0 Å². The molecule has 1 atom stereocenters. The van der Waals surface area contributed by atoms with Crippen molar-refractivity contribution in [2.24, 2.45) is 0 Å². The van der Waals surface area contributed by atoms with Gasteiger partial charge >= 0.3 is 0 Å². The Morgan fingerprint density at radius 2 is 2.00 bits per heavy atom. The standard InChI is InChI=1S/C7H16O3S/c1-3-7(8)5-4-6-11(2,9)10/h7-8H,3-6H2,1-2H3. The van der Waals surface area contributed by atoms with Crippen molar-refractivity contribution in [1.29, 1.82) is 0 Å². The van der Waals surface area contributed by atoms with Crippen LogP contribution in [0.2, 0.25) is 0 Å². The summed E-state index contributed by atoms with van der Waals surface area (Å²) in [4.78, 5) is 0. The highest BCUT2D eigenvalue weighted by atomic mass is 32.2. The summed E-state index contributed by atoms with van der Waals surface area (Å²) in [6.45, 7) is 1.88. The molecule has 0 aromatic carbocycles. The molecule has 0 spiro atoms. The average Bonchev–Trinajstić information content (AvgIpc) is 1.85. The Morgan fingerprint density at radius 1 is 1.45 bits per heavy atom. The highest BCUT2D eigenvalue weighted by molar-refractivity contribution is 7.90. The van der Waals surface area contributed by atoms with Gasteiger partial charge in [-0.15, -0.1) is 0 Å². The van der Waals surface area contributed by atoms with Gasteiger partial charge in [-0.1, -0.05) is 6.92 Å². The lowest BCUT2D eigenvalue weighted by Gasteiger charge is -2.05. The zero-order chi connectivity index (χ0) is 8.91. The van der Waals surface area contributed by atoms with Gasteiger partial charge in [-0.05, 0) is 19.3 Å². The van der Waals surface area contributed by atoms with Crippen LogP contribution in [0.5, 0.6) is 0 Å². The highest BCUT2D eigenvalue weighted by Gasteiger charge is 2.04. The molecule has 0 aromatic rings. The zero-order valence-electron chi connectivity index (χ0n) is 7.08. The number of hydrogen-bond acceptors (Lipinski definition) is 3. The van der Waals surface area contributed by atoms with E-state index in [0.29, 0.717) is 19.3 Å². The molecule has 0 fully saturated rings. The maximum Gasteiger partial charge on any atom is 0.147 e. The minimum Gasteiger partial charge on any atom is -0.393 e. The van der Waals surface area contributed by atoms with Crippen LogP contribution in [0.4, 0.5) is 0 Å². The van der Waals surface area contributed by atoms with E-state index in [1.807, 2.05) is 6.92 Å². The monoisotopic (exact) mass is 180 g/mol. The number of aliphatic hydroxyl groups excluding tert-OH is 1. The fraction of sp³-hybridized carbons (Fsp3) is 1.00. The van der Waals surface area contributed by atoms with Crippen molar-refractivity contribution in [2.45, 2.75) is 32.3 Å². The first-order valence-corrected chi connectivity index (χ1v) is 5.87. The summed E-state index contributed by atoms with van der Waals surface area (Å²) in [5.74, 6) is 0.185. The Hall–Kier alpha value is -0.0900. The lowest BCUT2D eigenvalue weighted by molar-refractivity contribution is 0.159. The molecule has 11 heavy (non-hydrogen) atoms. The fourth-order valence-corrected chi connectivity index (χ4v) is 1.48. The summed E-state index contributed by atoms with van der Waals surface area (Å²) in [6.07, 6.45) is 2.73. The molecular formula is C7H16O3S. The van der Waals surface area contributed by atoms with Gasteiger partial charge in [0.05, 0.1) is 6.10 Å². The van der Waals surface area contributed by atoms with Gasteiger partial charge in [0.15, 0.2) is 0 Å². The van der Waals surface area contributed by atoms with Gasteiger partial charge in [0.1, 0.15) is 9.84 Å². The van der Waals surface area contributed by atoms with E-state index in [0.717, 1.165) is 0 Å². The van der Waals surface area contributed by atoms with E-state index in [1.165, 1.54) is 6.26 Å². The molecule has 0 aliphatic carbocycles. The van der Waals surface area contributed by atoms with Gasteiger partial charge in [0.2, 0.25) is 0 Å². The second-order valence-corrected chi connectivity index (χ2v) is 5.09. The normalized spacial score (nSPS) is 14.8. The summed E-state index contributed by atoms with van der Waals surface area (Å²) in [6, 6.07) is 0. The van der Waals surface area contributed by atoms with Crippen LogP contribution in [0.25, 0.3) is 0 Å². The number of sulfone groups is 1. The smallest absolute Gasteiger partial charge is 0.147 e. The van der Waals surface area contributed by atoms with Gasteiger partial charge in [-0.3, -0.25) is 0 Å². The van der Waals surface area contributed by atoms with E-state index >= 15 is 0 Å². The molecule has 0 rings (SSSR count). The molecule has 0 heterocycles. The van der Waals surface area contributed by atoms with Crippen molar-refractivity contribution < 1.29 is 13.5 Å². The molecule has 0 aliphatic heterocycles. The number of rotatable bonds is 5.